The van der Waals surface area contributed by atoms with Crippen LogP contribution in [0.5, 0.6) is 0 Å². The molecule has 5 aromatic rings. The van der Waals surface area contributed by atoms with E-state index in [0.717, 1.165) is 77.6 Å². The molecule has 0 amide bonds. The Morgan fingerprint density at radius 1 is 0.895 bits per heavy atom. The predicted octanol–water partition coefficient (Wildman–Crippen LogP) is 3.91. The number of hydrogen-bond donors (Lipinski definition) is 2. The van der Waals surface area contributed by atoms with Gasteiger partial charge in [0.2, 0.25) is 0 Å². The van der Waals surface area contributed by atoms with Crippen LogP contribution in [0.25, 0.3) is 32.5 Å². The summed E-state index contributed by atoms with van der Waals surface area (Å²) in [4.78, 5) is 20.3. The van der Waals surface area contributed by atoms with E-state index >= 15 is 0 Å². The van der Waals surface area contributed by atoms with Crippen molar-refractivity contribution >= 4 is 49.6 Å². The molecule has 0 atom stereocenters. The van der Waals surface area contributed by atoms with Crippen molar-refractivity contribution in [2.45, 2.75) is 6.54 Å². The largest absolute Gasteiger partial charge is 0.380 e. The zero-order chi connectivity index (χ0) is 25.3. The Hall–Kier alpha value is -3.80. The van der Waals surface area contributed by atoms with E-state index in [1.54, 1.807) is 17.5 Å². The molecule has 2 fully saturated rings. The molecule has 0 saturated carbocycles. The number of H-pyrrole nitrogens is 1. The van der Waals surface area contributed by atoms with Gasteiger partial charge in [-0.05, 0) is 30.3 Å². The quantitative estimate of drug-likeness (QED) is 0.339. The summed E-state index contributed by atoms with van der Waals surface area (Å²) in [5.74, 6) is 1.62. The lowest BCUT2D eigenvalue weighted by Crippen LogP contribution is -2.36. The average Bonchev–Trinajstić information content (AvgIpc) is 3.64. The molecule has 0 radical (unpaired) electrons. The zero-order valence-corrected chi connectivity index (χ0v) is 21.7. The number of aromatic nitrogens is 5. The van der Waals surface area contributed by atoms with E-state index in [4.69, 9.17) is 19.4 Å². The first-order chi connectivity index (χ1) is 18.8. The molecule has 0 unspecified atom stereocenters. The summed E-state index contributed by atoms with van der Waals surface area (Å²) in [5.41, 5.74) is 5.02. The Labute approximate surface area is 223 Å². The van der Waals surface area contributed by atoms with Gasteiger partial charge in [-0.3, -0.25) is 10.1 Å². The van der Waals surface area contributed by atoms with Gasteiger partial charge in [0, 0.05) is 66.1 Å². The minimum atomic E-state index is 0.662. The Morgan fingerprint density at radius 3 is 2.45 bits per heavy atom. The van der Waals surface area contributed by atoms with Crippen molar-refractivity contribution in [1.29, 1.82) is 0 Å². The molecule has 11 heteroatoms. The smallest absolute Gasteiger partial charge is 0.164 e. The maximum absolute atomic E-state index is 5.61. The van der Waals surface area contributed by atoms with Gasteiger partial charge in [0.15, 0.2) is 11.6 Å². The summed E-state index contributed by atoms with van der Waals surface area (Å²) in [6.45, 7) is 7.17. The van der Waals surface area contributed by atoms with Gasteiger partial charge in [0.1, 0.15) is 0 Å². The van der Waals surface area contributed by atoms with Gasteiger partial charge in [-0.1, -0.05) is 0 Å². The van der Waals surface area contributed by atoms with Crippen molar-refractivity contribution in [2.24, 2.45) is 0 Å². The van der Waals surface area contributed by atoms with Crippen LogP contribution in [-0.2, 0) is 16.0 Å². The second kappa shape index (κ2) is 10.2. The molecule has 2 aliphatic heterocycles. The number of pyridine rings is 1. The topological polar surface area (TPSA) is 104 Å². The van der Waals surface area contributed by atoms with E-state index in [-0.39, 0.29) is 0 Å². The SMILES string of the molecule is c1cc(N2CCOCC2)ccc1NCc1cc2nc(-c3cncc4[nH]ncc34)nc(N3CCOCC3)c2s1. The molecule has 1 aromatic carbocycles. The number of thiophene rings is 1. The zero-order valence-electron chi connectivity index (χ0n) is 20.9. The van der Waals surface area contributed by atoms with E-state index in [9.17, 15) is 0 Å². The van der Waals surface area contributed by atoms with Crippen molar-refractivity contribution in [3.05, 3.63) is 53.8 Å². The van der Waals surface area contributed by atoms with Crippen molar-refractivity contribution in [3.63, 3.8) is 0 Å². The fourth-order valence-corrected chi connectivity index (χ4v) is 6.06. The molecule has 194 valence electrons. The Kier molecular flexibility index (Phi) is 6.24. The average molecular weight is 529 g/mol. The normalized spacial score (nSPS) is 16.4. The van der Waals surface area contributed by atoms with Crippen LogP contribution in [0.3, 0.4) is 0 Å². The Balaban J connectivity index is 1.18. The highest BCUT2D eigenvalue weighted by atomic mass is 32.1. The van der Waals surface area contributed by atoms with Gasteiger partial charge >= 0.3 is 0 Å². The third-order valence-electron chi connectivity index (χ3n) is 7.03. The van der Waals surface area contributed by atoms with Crippen molar-refractivity contribution in [3.8, 4) is 11.4 Å². The molecule has 2 saturated heterocycles. The molecule has 38 heavy (non-hydrogen) atoms. The molecule has 2 aliphatic rings. The highest BCUT2D eigenvalue weighted by molar-refractivity contribution is 7.19. The molecule has 0 bridgehead atoms. The second-order valence-electron chi connectivity index (χ2n) is 9.42. The number of nitrogens with zero attached hydrogens (tertiary/aromatic N) is 6. The van der Waals surface area contributed by atoms with Crippen LogP contribution in [0.1, 0.15) is 4.88 Å². The first kappa shape index (κ1) is 23.3. The first-order valence-corrected chi connectivity index (χ1v) is 13.7. The van der Waals surface area contributed by atoms with Crippen LogP contribution in [0.2, 0.25) is 0 Å². The fraction of sp³-hybridized carbons (Fsp3) is 0.333. The Bertz CT molecular complexity index is 1550. The van der Waals surface area contributed by atoms with E-state index < -0.39 is 0 Å². The van der Waals surface area contributed by atoms with Gasteiger partial charge in [-0.2, -0.15) is 5.10 Å². The van der Waals surface area contributed by atoms with Crippen molar-refractivity contribution in [2.75, 3.05) is 67.7 Å². The lowest BCUT2D eigenvalue weighted by atomic mass is 10.2. The number of anilines is 3. The van der Waals surface area contributed by atoms with Crippen LogP contribution in [0.15, 0.2) is 48.9 Å². The molecule has 10 nitrogen and oxygen atoms in total. The lowest BCUT2D eigenvalue weighted by Gasteiger charge is -2.28. The first-order valence-electron chi connectivity index (χ1n) is 12.9. The summed E-state index contributed by atoms with van der Waals surface area (Å²) in [6.07, 6.45) is 5.40. The number of hydrogen-bond acceptors (Lipinski definition) is 10. The molecule has 0 spiro atoms. The lowest BCUT2D eigenvalue weighted by molar-refractivity contribution is 0.122. The standard InChI is InChI=1S/C27H28N8O2S/c1-3-19(34-5-9-36-10-6-34)4-2-18(1)29-14-20-13-23-25(38-20)27(35-7-11-37-12-8-35)32-26(31-23)22-15-28-17-24-21(22)16-30-33-24/h1-4,13,15-17,29H,5-12,14H2,(H,30,33). The minimum absolute atomic E-state index is 0.662. The van der Waals surface area contributed by atoms with Crippen molar-refractivity contribution < 1.29 is 9.47 Å². The number of fused-ring (bicyclic) bond motifs is 2. The summed E-state index contributed by atoms with van der Waals surface area (Å²) < 4.78 is 12.2. The number of aromatic amines is 1. The van der Waals surface area contributed by atoms with Gasteiger partial charge in [-0.25, -0.2) is 9.97 Å². The van der Waals surface area contributed by atoms with E-state index in [2.05, 4.69) is 60.6 Å². The number of ether oxygens (including phenoxy) is 2. The summed E-state index contributed by atoms with van der Waals surface area (Å²) >= 11 is 1.75. The molecule has 2 N–H and O–H groups in total. The summed E-state index contributed by atoms with van der Waals surface area (Å²) in [5, 5.41) is 11.7. The van der Waals surface area contributed by atoms with Crippen LogP contribution >= 0.6 is 11.3 Å². The molecule has 7 rings (SSSR count). The van der Waals surface area contributed by atoms with E-state index in [0.29, 0.717) is 25.6 Å². The van der Waals surface area contributed by atoms with Gasteiger partial charge in [0.05, 0.1) is 54.6 Å². The van der Waals surface area contributed by atoms with E-state index in [1.807, 2.05) is 12.4 Å². The molecular weight excluding hydrogens is 500 g/mol. The van der Waals surface area contributed by atoms with Crippen LogP contribution in [0, 0.1) is 0 Å². The third kappa shape index (κ3) is 4.53. The summed E-state index contributed by atoms with van der Waals surface area (Å²) in [7, 11) is 0. The number of benzene rings is 1. The van der Waals surface area contributed by atoms with E-state index in [1.165, 1.54) is 10.6 Å². The number of nitrogens with one attached hydrogen (secondary N) is 2. The monoisotopic (exact) mass is 528 g/mol. The predicted molar refractivity (Wildman–Crippen MR) is 150 cm³/mol. The molecule has 6 heterocycles. The maximum Gasteiger partial charge on any atom is 0.164 e. The van der Waals surface area contributed by atoms with Gasteiger partial charge in [-0.15, -0.1) is 11.3 Å². The van der Waals surface area contributed by atoms with Crippen molar-refractivity contribution in [1.82, 2.24) is 25.1 Å². The number of morpholine rings is 2. The molecule has 4 aromatic heterocycles. The summed E-state index contributed by atoms with van der Waals surface area (Å²) in [6, 6.07) is 10.8. The molecular formula is C27H28N8O2S. The highest BCUT2D eigenvalue weighted by Crippen LogP contribution is 2.36. The van der Waals surface area contributed by atoms with Crippen LogP contribution in [0.4, 0.5) is 17.2 Å². The maximum atomic E-state index is 5.61. The van der Waals surface area contributed by atoms with Gasteiger partial charge < -0.3 is 24.6 Å². The van der Waals surface area contributed by atoms with Crippen LogP contribution in [-0.4, -0.2) is 77.8 Å². The minimum Gasteiger partial charge on any atom is -0.380 e. The Morgan fingerprint density at radius 2 is 1.66 bits per heavy atom. The van der Waals surface area contributed by atoms with Gasteiger partial charge in [0.25, 0.3) is 0 Å². The highest BCUT2D eigenvalue weighted by Gasteiger charge is 2.21. The van der Waals surface area contributed by atoms with Crippen LogP contribution < -0.4 is 15.1 Å². The third-order valence-corrected chi connectivity index (χ3v) is 8.15. The molecule has 0 aliphatic carbocycles. The number of rotatable bonds is 6. The second-order valence-corrected chi connectivity index (χ2v) is 10.6. The fourth-order valence-electron chi connectivity index (χ4n) is 5.01.